The van der Waals surface area contributed by atoms with E-state index in [1.165, 1.54) is 19.4 Å². The first-order valence-corrected chi connectivity index (χ1v) is 6.27. The normalized spacial score (nSPS) is 10.7. The molecule has 0 heterocycles. The van der Waals surface area contributed by atoms with E-state index in [2.05, 4.69) is 18.7 Å². The van der Waals surface area contributed by atoms with Gasteiger partial charge in [-0.2, -0.15) is 0 Å². The van der Waals surface area contributed by atoms with Crippen LogP contribution in [0.4, 0.5) is 0 Å². The zero-order valence-electron chi connectivity index (χ0n) is 10.5. The van der Waals surface area contributed by atoms with E-state index in [9.17, 15) is 0 Å². The van der Waals surface area contributed by atoms with Crippen LogP contribution >= 0.6 is 0 Å². The van der Waals surface area contributed by atoms with Gasteiger partial charge in [0.15, 0.2) is 0 Å². The fourth-order valence-corrected chi connectivity index (χ4v) is 1.62. The number of hydrogen-bond acceptors (Lipinski definition) is 2. The van der Waals surface area contributed by atoms with Crippen LogP contribution in [0.5, 0.6) is 5.75 Å². The van der Waals surface area contributed by atoms with Gasteiger partial charge in [-0.3, -0.25) is 0 Å². The molecule has 0 N–H and O–H groups in total. The SMILES string of the molecule is CCCCN(CC)CCOc1ccccc1. The summed E-state index contributed by atoms with van der Waals surface area (Å²) in [7, 11) is 0. The molecule has 1 aromatic rings. The van der Waals surface area contributed by atoms with E-state index in [-0.39, 0.29) is 0 Å². The molecular weight excluding hydrogens is 198 g/mol. The molecule has 0 fully saturated rings. The van der Waals surface area contributed by atoms with Gasteiger partial charge in [-0.15, -0.1) is 0 Å². The fraction of sp³-hybridized carbons (Fsp3) is 0.571. The van der Waals surface area contributed by atoms with E-state index >= 15 is 0 Å². The first-order valence-electron chi connectivity index (χ1n) is 6.27. The molecule has 1 rings (SSSR count). The second kappa shape index (κ2) is 8.17. The third-order valence-corrected chi connectivity index (χ3v) is 2.69. The maximum atomic E-state index is 5.68. The molecule has 90 valence electrons. The van der Waals surface area contributed by atoms with Crippen molar-refractivity contribution in [3.05, 3.63) is 30.3 Å². The minimum Gasteiger partial charge on any atom is -0.492 e. The molecule has 0 saturated heterocycles. The molecule has 0 spiro atoms. The first kappa shape index (κ1) is 13.0. The Hall–Kier alpha value is -1.02. The van der Waals surface area contributed by atoms with Crippen LogP contribution in [0, 0.1) is 0 Å². The second-order valence-corrected chi connectivity index (χ2v) is 3.95. The minimum absolute atomic E-state index is 0.779. The van der Waals surface area contributed by atoms with Crippen molar-refractivity contribution in [2.24, 2.45) is 0 Å². The Morgan fingerprint density at radius 1 is 1.06 bits per heavy atom. The number of para-hydroxylation sites is 1. The molecule has 0 unspecified atom stereocenters. The summed E-state index contributed by atoms with van der Waals surface area (Å²) in [6, 6.07) is 10.0. The average molecular weight is 221 g/mol. The van der Waals surface area contributed by atoms with Crippen LogP contribution in [-0.4, -0.2) is 31.1 Å². The number of ether oxygens (including phenoxy) is 1. The van der Waals surface area contributed by atoms with Gasteiger partial charge in [0, 0.05) is 6.54 Å². The molecule has 0 atom stereocenters. The minimum atomic E-state index is 0.779. The predicted octanol–water partition coefficient (Wildman–Crippen LogP) is 3.19. The number of rotatable bonds is 8. The summed E-state index contributed by atoms with van der Waals surface area (Å²) in [6.45, 7) is 8.53. The quantitative estimate of drug-likeness (QED) is 0.668. The van der Waals surface area contributed by atoms with Gasteiger partial charge in [0.2, 0.25) is 0 Å². The van der Waals surface area contributed by atoms with Crippen LogP contribution in [0.25, 0.3) is 0 Å². The van der Waals surface area contributed by atoms with Gasteiger partial charge in [0.1, 0.15) is 12.4 Å². The molecule has 0 aliphatic rings. The van der Waals surface area contributed by atoms with E-state index in [1.54, 1.807) is 0 Å². The summed E-state index contributed by atoms with van der Waals surface area (Å²) in [4.78, 5) is 2.44. The van der Waals surface area contributed by atoms with E-state index in [0.717, 1.165) is 25.4 Å². The summed E-state index contributed by atoms with van der Waals surface area (Å²) < 4.78 is 5.68. The van der Waals surface area contributed by atoms with Crippen molar-refractivity contribution in [2.45, 2.75) is 26.7 Å². The maximum Gasteiger partial charge on any atom is 0.119 e. The van der Waals surface area contributed by atoms with Gasteiger partial charge < -0.3 is 9.64 Å². The van der Waals surface area contributed by atoms with Crippen molar-refractivity contribution in [2.75, 3.05) is 26.2 Å². The Labute approximate surface area is 99.2 Å². The standard InChI is InChI=1S/C14H23NO/c1-3-5-11-15(4-2)12-13-16-14-9-7-6-8-10-14/h6-10H,3-5,11-13H2,1-2H3. The van der Waals surface area contributed by atoms with Crippen LogP contribution in [0.1, 0.15) is 26.7 Å². The molecule has 0 aliphatic carbocycles. The summed E-state index contributed by atoms with van der Waals surface area (Å²) in [5, 5.41) is 0. The Morgan fingerprint density at radius 3 is 2.44 bits per heavy atom. The number of nitrogens with zero attached hydrogens (tertiary/aromatic N) is 1. The Balaban J connectivity index is 2.18. The molecule has 16 heavy (non-hydrogen) atoms. The van der Waals surface area contributed by atoms with E-state index < -0.39 is 0 Å². The lowest BCUT2D eigenvalue weighted by molar-refractivity contribution is 0.213. The van der Waals surface area contributed by atoms with Crippen LogP contribution in [-0.2, 0) is 0 Å². The third-order valence-electron chi connectivity index (χ3n) is 2.69. The first-order chi connectivity index (χ1) is 7.86. The third kappa shape index (κ3) is 5.17. The number of unbranched alkanes of at least 4 members (excludes halogenated alkanes) is 1. The van der Waals surface area contributed by atoms with E-state index in [0.29, 0.717) is 0 Å². The Bertz CT molecular complexity index is 261. The number of benzene rings is 1. The zero-order valence-corrected chi connectivity index (χ0v) is 10.5. The zero-order chi connectivity index (χ0) is 11.6. The molecule has 0 aliphatic heterocycles. The van der Waals surface area contributed by atoms with Crippen molar-refractivity contribution < 1.29 is 4.74 Å². The molecule has 0 bridgehead atoms. The Morgan fingerprint density at radius 2 is 1.81 bits per heavy atom. The van der Waals surface area contributed by atoms with Crippen LogP contribution in [0.3, 0.4) is 0 Å². The van der Waals surface area contributed by atoms with Gasteiger partial charge in [-0.1, -0.05) is 38.5 Å². The maximum absolute atomic E-state index is 5.68. The summed E-state index contributed by atoms with van der Waals surface area (Å²) in [5.41, 5.74) is 0. The monoisotopic (exact) mass is 221 g/mol. The van der Waals surface area contributed by atoms with E-state index in [4.69, 9.17) is 4.74 Å². The highest BCUT2D eigenvalue weighted by atomic mass is 16.5. The molecule has 1 aromatic carbocycles. The van der Waals surface area contributed by atoms with Gasteiger partial charge in [0.05, 0.1) is 0 Å². The van der Waals surface area contributed by atoms with Gasteiger partial charge >= 0.3 is 0 Å². The van der Waals surface area contributed by atoms with E-state index in [1.807, 2.05) is 30.3 Å². The molecule has 2 heteroatoms. The molecule has 0 aromatic heterocycles. The molecule has 2 nitrogen and oxygen atoms in total. The van der Waals surface area contributed by atoms with Crippen molar-refractivity contribution in [3.8, 4) is 5.75 Å². The lowest BCUT2D eigenvalue weighted by atomic mass is 10.3. The summed E-state index contributed by atoms with van der Waals surface area (Å²) in [6.07, 6.45) is 2.54. The lowest BCUT2D eigenvalue weighted by Gasteiger charge is -2.19. The molecular formula is C14H23NO. The second-order valence-electron chi connectivity index (χ2n) is 3.95. The lowest BCUT2D eigenvalue weighted by Crippen LogP contribution is -2.29. The summed E-state index contributed by atoms with van der Waals surface area (Å²) >= 11 is 0. The highest BCUT2D eigenvalue weighted by molar-refractivity contribution is 5.20. The van der Waals surface area contributed by atoms with Gasteiger partial charge in [-0.25, -0.2) is 0 Å². The number of likely N-dealkylation sites (N-methyl/N-ethyl adjacent to an activating group) is 1. The van der Waals surface area contributed by atoms with Crippen molar-refractivity contribution in [3.63, 3.8) is 0 Å². The fourth-order valence-electron chi connectivity index (χ4n) is 1.62. The topological polar surface area (TPSA) is 12.5 Å². The van der Waals surface area contributed by atoms with Crippen molar-refractivity contribution in [1.29, 1.82) is 0 Å². The molecule has 0 radical (unpaired) electrons. The van der Waals surface area contributed by atoms with Crippen molar-refractivity contribution in [1.82, 2.24) is 4.90 Å². The van der Waals surface area contributed by atoms with Gasteiger partial charge in [0.25, 0.3) is 0 Å². The van der Waals surface area contributed by atoms with Gasteiger partial charge in [-0.05, 0) is 31.6 Å². The largest absolute Gasteiger partial charge is 0.492 e. The van der Waals surface area contributed by atoms with Crippen molar-refractivity contribution >= 4 is 0 Å². The number of hydrogen-bond donors (Lipinski definition) is 0. The average Bonchev–Trinajstić information content (AvgIpc) is 2.35. The summed E-state index contributed by atoms with van der Waals surface area (Å²) in [5.74, 6) is 0.967. The smallest absolute Gasteiger partial charge is 0.119 e. The Kier molecular flexibility index (Phi) is 6.66. The highest BCUT2D eigenvalue weighted by Gasteiger charge is 2.01. The van der Waals surface area contributed by atoms with Crippen LogP contribution in [0.15, 0.2) is 30.3 Å². The molecule has 0 amide bonds. The van der Waals surface area contributed by atoms with Crippen LogP contribution in [0.2, 0.25) is 0 Å². The predicted molar refractivity (Wildman–Crippen MR) is 69.0 cm³/mol. The van der Waals surface area contributed by atoms with Crippen LogP contribution < -0.4 is 4.74 Å². The highest BCUT2D eigenvalue weighted by Crippen LogP contribution is 2.08. The molecule has 0 saturated carbocycles.